The molecule has 0 unspecified atom stereocenters. The molecule has 0 bridgehead atoms. The molecule has 5 nitrogen and oxygen atoms in total. The van der Waals surface area contributed by atoms with Crippen LogP contribution in [0, 0.1) is 0 Å². The fourth-order valence-corrected chi connectivity index (χ4v) is 10.2. The van der Waals surface area contributed by atoms with Crippen LogP contribution in [0.4, 0.5) is 22.7 Å². The molecule has 0 amide bonds. The van der Waals surface area contributed by atoms with E-state index in [0.29, 0.717) is 6.67 Å². The lowest BCUT2D eigenvalue weighted by atomic mass is 9.78. The number of ether oxygens (including phenoxy) is 1. The highest BCUT2D eigenvalue weighted by Gasteiger charge is 2.33. The summed E-state index contributed by atoms with van der Waals surface area (Å²) in [4.78, 5) is 9.85. The van der Waals surface area contributed by atoms with Gasteiger partial charge in [-0.2, -0.15) is 0 Å². The lowest BCUT2D eigenvalue weighted by Gasteiger charge is -2.28. The van der Waals surface area contributed by atoms with Gasteiger partial charge in [0.15, 0.2) is 0 Å². The summed E-state index contributed by atoms with van der Waals surface area (Å²) in [6, 6.07) is 74.4. The maximum absolute atomic E-state index is 6.90. The zero-order valence-electron chi connectivity index (χ0n) is 40.6. The van der Waals surface area contributed by atoms with Gasteiger partial charge in [0.05, 0.1) is 22.4 Å². The number of aromatic nitrogens is 2. The standard InChI is InChI=1S/C64H58N4O/c1-62(2,3)48-35-36-65-61(40-48)68-57-33-29-45(44-19-11-8-12-20-44)37-56(57)55-32-31-54(42-59(55)68)69-53-28-18-27-52(41-53)67-43-66(51-26-17-25-49(38-51)63(4,5)46-21-13-9-14-22-46)58-34-30-50(39-60(58)67)64(6,7)47-23-15-10-16-24-47/h8-42H,43H2,1-7H3. The third-order valence-electron chi connectivity index (χ3n) is 14.5. The van der Waals surface area contributed by atoms with Crippen molar-refractivity contribution < 1.29 is 4.74 Å². The predicted molar refractivity (Wildman–Crippen MR) is 288 cm³/mol. The van der Waals surface area contributed by atoms with Gasteiger partial charge in [-0.05, 0) is 117 Å². The van der Waals surface area contributed by atoms with Crippen molar-refractivity contribution in [1.29, 1.82) is 0 Å². The van der Waals surface area contributed by atoms with Crippen molar-refractivity contribution >= 4 is 44.6 Å². The molecule has 11 rings (SSSR count). The van der Waals surface area contributed by atoms with Crippen LogP contribution in [0.25, 0.3) is 38.8 Å². The molecule has 0 N–H and O–H groups in total. The second kappa shape index (κ2) is 17.0. The van der Waals surface area contributed by atoms with E-state index in [9.17, 15) is 0 Å². The van der Waals surface area contributed by atoms with Crippen molar-refractivity contribution in [2.24, 2.45) is 0 Å². The molecule has 340 valence electrons. The Morgan fingerprint density at radius 2 is 1.01 bits per heavy atom. The quantitative estimate of drug-likeness (QED) is 0.137. The fraction of sp³-hybridized carbons (Fsp3) is 0.172. The number of rotatable bonds is 10. The first-order valence-corrected chi connectivity index (χ1v) is 24.1. The van der Waals surface area contributed by atoms with Gasteiger partial charge in [-0.25, -0.2) is 4.98 Å². The molecule has 2 aromatic heterocycles. The van der Waals surface area contributed by atoms with Gasteiger partial charge in [0.2, 0.25) is 0 Å². The summed E-state index contributed by atoms with van der Waals surface area (Å²) in [5.74, 6) is 2.41. The van der Waals surface area contributed by atoms with Crippen molar-refractivity contribution in [3.8, 4) is 28.4 Å². The number of benzene rings is 8. The summed E-state index contributed by atoms with van der Waals surface area (Å²) in [7, 11) is 0. The normalized spacial score (nSPS) is 13.0. The molecule has 0 fully saturated rings. The summed E-state index contributed by atoms with van der Waals surface area (Å²) in [6.45, 7) is 16.7. The Morgan fingerprint density at radius 3 is 1.71 bits per heavy atom. The average molecular weight is 899 g/mol. The Balaban J connectivity index is 0.987. The molecule has 3 heterocycles. The topological polar surface area (TPSA) is 33.5 Å². The average Bonchev–Trinajstić information content (AvgIpc) is 3.92. The van der Waals surface area contributed by atoms with Crippen LogP contribution in [0.5, 0.6) is 11.5 Å². The third-order valence-corrected chi connectivity index (χ3v) is 14.5. The molecule has 1 aliphatic heterocycles. The van der Waals surface area contributed by atoms with Gasteiger partial charge in [0.25, 0.3) is 0 Å². The minimum atomic E-state index is -0.215. The SMILES string of the molecule is CC(C)(C)c1ccnc(-n2c3ccc(-c4ccccc4)cc3c3ccc(Oc4cccc(N5CN(c6cccc(C(C)(C)c7ccccc7)c6)c6ccc(C(C)(C)c7ccccc7)cc65)c4)cc32)c1. The van der Waals surface area contributed by atoms with Crippen LogP contribution in [-0.2, 0) is 16.2 Å². The van der Waals surface area contributed by atoms with E-state index in [4.69, 9.17) is 9.72 Å². The molecular weight excluding hydrogens is 841 g/mol. The van der Waals surface area contributed by atoms with Crippen LogP contribution in [0.15, 0.2) is 212 Å². The number of anilines is 4. The Kier molecular flexibility index (Phi) is 10.8. The summed E-state index contributed by atoms with van der Waals surface area (Å²) in [5.41, 5.74) is 15.0. The summed E-state index contributed by atoms with van der Waals surface area (Å²) in [6.07, 6.45) is 1.93. The van der Waals surface area contributed by atoms with Crippen LogP contribution in [0.3, 0.4) is 0 Å². The Hall–Kier alpha value is -7.89. The minimum absolute atomic E-state index is 0.0356. The number of pyridine rings is 1. The minimum Gasteiger partial charge on any atom is -0.457 e. The first-order valence-electron chi connectivity index (χ1n) is 24.1. The van der Waals surface area contributed by atoms with Gasteiger partial charge in [-0.3, -0.25) is 4.57 Å². The fourth-order valence-electron chi connectivity index (χ4n) is 10.2. The monoisotopic (exact) mass is 898 g/mol. The molecule has 5 heteroatoms. The molecule has 0 spiro atoms. The van der Waals surface area contributed by atoms with E-state index in [2.05, 4.69) is 269 Å². The van der Waals surface area contributed by atoms with Gasteiger partial charge in [-0.1, -0.05) is 170 Å². The van der Waals surface area contributed by atoms with E-state index in [1.165, 1.54) is 50.0 Å². The summed E-state index contributed by atoms with van der Waals surface area (Å²) < 4.78 is 9.19. The van der Waals surface area contributed by atoms with Crippen molar-refractivity contribution in [3.63, 3.8) is 0 Å². The lowest BCUT2D eigenvalue weighted by Crippen LogP contribution is -2.25. The zero-order chi connectivity index (χ0) is 47.5. The highest BCUT2D eigenvalue weighted by molar-refractivity contribution is 6.10. The second-order valence-corrected chi connectivity index (χ2v) is 20.6. The summed E-state index contributed by atoms with van der Waals surface area (Å²) >= 11 is 0. The van der Waals surface area contributed by atoms with Crippen molar-refractivity contribution in [1.82, 2.24) is 9.55 Å². The van der Waals surface area contributed by atoms with Gasteiger partial charge in [0, 0.05) is 51.3 Å². The molecule has 0 atom stereocenters. The van der Waals surface area contributed by atoms with E-state index < -0.39 is 0 Å². The summed E-state index contributed by atoms with van der Waals surface area (Å²) in [5, 5.41) is 2.31. The molecule has 0 aliphatic carbocycles. The lowest BCUT2D eigenvalue weighted by molar-refractivity contribution is 0.483. The van der Waals surface area contributed by atoms with Crippen LogP contribution < -0.4 is 14.5 Å². The Bertz CT molecular complexity index is 3490. The number of hydrogen-bond donors (Lipinski definition) is 0. The number of nitrogens with zero attached hydrogens (tertiary/aromatic N) is 4. The van der Waals surface area contributed by atoms with Gasteiger partial charge in [-0.15, -0.1) is 0 Å². The van der Waals surface area contributed by atoms with E-state index in [0.717, 1.165) is 50.8 Å². The highest BCUT2D eigenvalue weighted by Crippen LogP contribution is 2.48. The van der Waals surface area contributed by atoms with Crippen LogP contribution >= 0.6 is 0 Å². The largest absolute Gasteiger partial charge is 0.457 e. The highest BCUT2D eigenvalue weighted by atomic mass is 16.5. The van der Waals surface area contributed by atoms with Crippen molar-refractivity contribution in [2.75, 3.05) is 16.5 Å². The molecule has 0 saturated heterocycles. The van der Waals surface area contributed by atoms with E-state index >= 15 is 0 Å². The maximum Gasteiger partial charge on any atom is 0.137 e. The number of fused-ring (bicyclic) bond motifs is 4. The molecule has 69 heavy (non-hydrogen) atoms. The van der Waals surface area contributed by atoms with Crippen molar-refractivity contribution in [2.45, 2.75) is 64.7 Å². The molecule has 0 saturated carbocycles. The second-order valence-electron chi connectivity index (χ2n) is 20.6. The first kappa shape index (κ1) is 43.7. The smallest absolute Gasteiger partial charge is 0.137 e. The van der Waals surface area contributed by atoms with E-state index in [1.54, 1.807) is 0 Å². The zero-order valence-corrected chi connectivity index (χ0v) is 40.6. The number of hydrogen-bond acceptors (Lipinski definition) is 4. The predicted octanol–water partition coefficient (Wildman–Crippen LogP) is 16.8. The molecule has 0 radical (unpaired) electrons. The molecule has 8 aromatic carbocycles. The Morgan fingerprint density at radius 1 is 0.406 bits per heavy atom. The van der Waals surface area contributed by atoms with E-state index in [1.807, 2.05) is 6.20 Å². The third kappa shape index (κ3) is 8.02. The maximum atomic E-state index is 6.90. The van der Waals surface area contributed by atoms with Gasteiger partial charge in [0.1, 0.15) is 24.0 Å². The van der Waals surface area contributed by atoms with Crippen LogP contribution in [0.2, 0.25) is 0 Å². The molecule has 10 aromatic rings. The molecule has 1 aliphatic rings. The molecular formula is C64H58N4O. The van der Waals surface area contributed by atoms with Gasteiger partial charge < -0.3 is 14.5 Å². The van der Waals surface area contributed by atoms with Crippen LogP contribution in [-0.4, -0.2) is 16.2 Å². The van der Waals surface area contributed by atoms with E-state index in [-0.39, 0.29) is 16.2 Å². The first-order chi connectivity index (χ1) is 33.3. The van der Waals surface area contributed by atoms with Crippen molar-refractivity contribution in [3.05, 3.63) is 240 Å². The van der Waals surface area contributed by atoms with Crippen LogP contribution in [0.1, 0.15) is 76.3 Å². The van der Waals surface area contributed by atoms with Gasteiger partial charge >= 0.3 is 0 Å². The Labute approximate surface area is 406 Å².